The van der Waals surface area contributed by atoms with Crippen LogP contribution in [0, 0.1) is 0 Å². The van der Waals surface area contributed by atoms with Crippen molar-refractivity contribution in [3.63, 3.8) is 0 Å². The number of benzene rings is 1. The Morgan fingerprint density at radius 1 is 1.14 bits per heavy atom. The van der Waals surface area contributed by atoms with Crippen molar-refractivity contribution in [1.82, 2.24) is 19.4 Å². The second-order valence-corrected chi connectivity index (χ2v) is 10.5. The molecule has 1 aromatic heterocycles. The number of hydrogen-bond donors (Lipinski definition) is 1. The largest absolute Gasteiger partial charge is 0.486 e. The van der Waals surface area contributed by atoms with Gasteiger partial charge in [0.05, 0.1) is 10.6 Å². The molecule has 10 nitrogen and oxygen atoms in total. The first-order chi connectivity index (χ1) is 13.9. The summed E-state index contributed by atoms with van der Waals surface area (Å²) in [7, 11) is -3.67. The predicted molar refractivity (Wildman–Crippen MR) is 108 cm³/mol. The number of piperazine rings is 1. The molecule has 2 aliphatic rings. The zero-order chi connectivity index (χ0) is 20.4. The van der Waals surface area contributed by atoms with Gasteiger partial charge in [-0.15, -0.1) is 10.2 Å². The molecule has 0 spiro atoms. The molecule has 1 aromatic carbocycles. The van der Waals surface area contributed by atoms with Crippen molar-refractivity contribution in [2.24, 2.45) is 0 Å². The van der Waals surface area contributed by atoms with Gasteiger partial charge in [0.1, 0.15) is 13.2 Å². The highest BCUT2D eigenvalue weighted by Crippen LogP contribution is 2.33. The van der Waals surface area contributed by atoms with E-state index in [4.69, 9.17) is 15.2 Å². The Hall–Kier alpha value is -2.09. The predicted octanol–water partition coefficient (Wildman–Crippen LogP) is 0.517. The van der Waals surface area contributed by atoms with Crippen LogP contribution < -0.4 is 15.2 Å². The van der Waals surface area contributed by atoms with E-state index >= 15 is 0 Å². The topological polar surface area (TPSA) is 128 Å². The SMILES string of the molecule is Nc1nnc(SCC(=O)N2CCN(S(=O)(=O)c3ccc4c(c3)OCCO4)CC2)s1. The van der Waals surface area contributed by atoms with Crippen LogP contribution in [0.1, 0.15) is 0 Å². The summed E-state index contributed by atoms with van der Waals surface area (Å²) in [6, 6.07) is 4.62. The number of amides is 1. The van der Waals surface area contributed by atoms with Crippen LogP contribution in [0.4, 0.5) is 5.13 Å². The van der Waals surface area contributed by atoms with Crippen LogP contribution in [-0.4, -0.2) is 78.9 Å². The Morgan fingerprint density at radius 2 is 1.86 bits per heavy atom. The van der Waals surface area contributed by atoms with Crippen molar-refractivity contribution in [1.29, 1.82) is 0 Å². The fraction of sp³-hybridized carbons (Fsp3) is 0.438. The smallest absolute Gasteiger partial charge is 0.243 e. The van der Waals surface area contributed by atoms with Crippen molar-refractivity contribution in [3.05, 3.63) is 18.2 Å². The van der Waals surface area contributed by atoms with Crippen LogP contribution in [0.5, 0.6) is 11.5 Å². The molecule has 1 fully saturated rings. The van der Waals surface area contributed by atoms with Gasteiger partial charge >= 0.3 is 0 Å². The third-order valence-corrected chi connectivity index (χ3v) is 8.25. The molecule has 2 aliphatic heterocycles. The number of rotatable bonds is 5. The molecular formula is C16H19N5O5S3. The van der Waals surface area contributed by atoms with Gasteiger partial charge in [0.15, 0.2) is 15.8 Å². The highest BCUT2D eigenvalue weighted by Gasteiger charge is 2.31. The number of carbonyl (C=O) groups excluding carboxylic acids is 1. The molecule has 2 aromatic rings. The van der Waals surface area contributed by atoms with Gasteiger partial charge in [-0.25, -0.2) is 8.42 Å². The van der Waals surface area contributed by atoms with E-state index in [1.54, 1.807) is 11.0 Å². The van der Waals surface area contributed by atoms with Gasteiger partial charge in [-0.05, 0) is 12.1 Å². The van der Waals surface area contributed by atoms with E-state index in [1.807, 2.05) is 0 Å². The summed E-state index contributed by atoms with van der Waals surface area (Å²) in [4.78, 5) is 14.2. The third-order valence-electron chi connectivity index (χ3n) is 4.48. The van der Waals surface area contributed by atoms with Gasteiger partial charge in [0.25, 0.3) is 0 Å². The fourth-order valence-electron chi connectivity index (χ4n) is 3.00. The van der Waals surface area contributed by atoms with Gasteiger partial charge in [-0.1, -0.05) is 23.1 Å². The number of ether oxygens (including phenoxy) is 2. The van der Waals surface area contributed by atoms with Crippen LogP contribution in [0.15, 0.2) is 27.4 Å². The molecule has 0 saturated carbocycles. The number of nitrogen functional groups attached to an aromatic ring is 1. The minimum Gasteiger partial charge on any atom is -0.486 e. The molecule has 0 unspecified atom stereocenters. The molecule has 0 bridgehead atoms. The second kappa shape index (κ2) is 8.34. The van der Waals surface area contributed by atoms with Crippen LogP contribution in [0.3, 0.4) is 0 Å². The molecular weight excluding hydrogens is 438 g/mol. The summed E-state index contributed by atoms with van der Waals surface area (Å²) < 4.78 is 38.9. The number of anilines is 1. The molecule has 3 heterocycles. The first-order valence-electron chi connectivity index (χ1n) is 8.83. The molecule has 2 N–H and O–H groups in total. The summed E-state index contributed by atoms with van der Waals surface area (Å²) >= 11 is 2.50. The van der Waals surface area contributed by atoms with Gasteiger partial charge in [-0.2, -0.15) is 4.31 Å². The number of thioether (sulfide) groups is 1. The van der Waals surface area contributed by atoms with Gasteiger partial charge in [0.2, 0.25) is 21.1 Å². The fourth-order valence-corrected chi connectivity index (χ4v) is 5.98. The lowest BCUT2D eigenvalue weighted by Crippen LogP contribution is -2.50. The second-order valence-electron chi connectivity index (χ2n) is 6.29. The number of hydrogen-bond acceptors (Lipinski definition) is 10. The Labute approximate surface area is 176 Å². The van der Waals surface area contributed by atoms with Crippen molar-refractivity contribution in [2.75, 3.05) is 50.9 Å². The molecule has 0 radical (unpaired) electrons. The van der Waals surface area contributed by atoms with Gasteiger partial charge < -0.3 is 20.1 Å². The standard InChI is InChI=1S/C16H19N5O5S3/c17-15-18-19-16(28-15)27-10-14(22)20-3-5-21(6-4-20)29(23,24)11-1-2-12-13(9-11)26-8-7-25-12/h1-2,9H,3-8,10H2,(H2,17,18). The van der Waals surface area contributed by atoms with E-state index in [0.717, 1.165) is 0 Å². The third kappa shape index (κ3) is 4.42. The molecule has 1 saturated heterocycles. The molecule has 4 rings (SSSR count). The number of fused-ring (bicyclic) bond motifs is 1. The maximum atomic E-state index is 13.0. The van der Waals surface area contributed by atoms with Gasteiger partial charge in [0, 0.05) is 32.2 Å². The monoisotopic (exact) mass is 457 g/mol. The summed E-state index contributed by atoms with van der Waals surface area (Å²) in [5.74, 6) is 1.12. The van der Waals surface area contributed by atoms with Gasteiger partial charge in [-0.3, -0.25) is 4.79 Å². The number of nitrogens with zero attached hydrogens (tertiary/aromatic N) is 4. The molecule has 13 heteroatoms. The number of carbonyl (C=O) groups is 1. The van der Waals surface area contributed by atoms with Crippen LogP contribution >= 0.6 is 23.1 Å². The average Bonchev–Trinajstić information content (AvgIpc) is 3.17. The Balaban J connectivity index is 1.35. The molecule has 0 atom stereocenters. The summed E-state index contributed by atoms with van der Waals surface area (Å²) in [6.07, 6.45) is 0. The number of aromatic nitrogens is 2. The van der Waals surface area contributed by atoms with Crippen molar-refractivity contribution in [3.8, 4) is 11.5 Å². The zero-order valence-electron chi connectivity index (χ0n) is 15.3. The summed E-state index contributed by atoms with van der Waals surface area (Å²) in [5.41, 5.74) is 5.53. The minimum atomic E-state index is -3.67. The first-order valence-corrected chi connectivity index (χ1v) is 12.1. The highest BCUT2D eigenvalue weighted by atomic mass is 32.2. The number of sulfonamides is 1. The van der Waals surface area contributed by atoms with Crippen LogP contribution in [-0.2, 0) is 14.8 Å². The van der Waals surface area contributed by atoms with E-state index in [2.05, 4.69) is 10.2 Å². The highest BCUT2D eigenvalue weighted by molar-refractivity contribution is 8.01. The Kier molecular flexibility index (Phi) is 5.81. The van der Waals surface area contributed by atoms with Crippen LogP contribution in [0.25, 0.3) is 0 Å². The lowest BCUT2D eigenvalue weighted by molar-refractivity contribution is -0.129. The minimum absolute atomic E-state index is 0.0693. The quantitative estimate of drug-likeness (QED) is 0.639. The Morgan fingerprint density at radius 3 is 2.55 bits per heavy atom. The van der Waals surface area contributed by atoms with E-state index in [-0.39, 0.29) is 29.6 Å². The van der Waals surface area contributed by atoms with E-state index in [0.29, 0.717) is 47.3 Å². The zero-order valence-corrected chi connectivity index (χ0v) is 17.8. The van der Waals surface area contributed by atoms with Crippen LogP contribution in [0.2, 0.25) is 0 Å². The van der Waals surface area contributed by atoms with Crippen molar-refractivity contribution >= 4 is 44.2 Å². The normalized spacial score (nSPS) is 17.3. The lowest BCUT2D eigenvalue weighted by Gasteiger charge is -2.34. The first kappa shape index (κ1) is 20.2. The molecule has 29 heavy (non-hydrogen) atoms. The maximum Gasteiger partial charge on any atom is 0.243 e. The van der Waals surface area contributed by atoms with Crippen molar-refractivity contribution < 1.29 is 22.7 Å². The molecule has 0 aliphatic carbocycles. The molecule has 1 amide bonds. The Bertz CT molecular complexity index is 1000. The van der Waals surface area contributed by atoms with E-state index in [9.17, 15) is 13.2 Å². The van der Waals surface area contributed by atoms with E-state index in [1.165, 1.54) is 39.5 Å². The summed E-state index contributed by atoms with van der Waals surface area (Å²) in [5, 5.41) is 7.94. The molecule has 156 valence electrons. The average molecular weight is 458 g/mol. The lowest BCUT2D eigenvalue weighted by atomic mass is 10.3. The maximum absolute atomic E-state index is 13.0. The number of nitrogens with two attached hydrogens (primary N) is 1. The van der Waals surface area contributed by atoms with E-state index < -0.39 is 10.0 Å². The van der Waals surface area contributed by atoms with Crippen molar-refractivity contribution in [2.45, 2.75) is 9.24 Å². The summed E-state index contributed by atoms with van der Waals surface area (Å²) in [6.45, 7) is 1.97.